The van der Waals surface area contributed by atoms with Crippen molar-refractivity contribution in [3.8, 4) is 5.88 Å². The minimum absolute atomic E-state index is 0.104. The van der Waals surface area contributed by atoms with E-state index in [2.05, 4.69) is 9.88 Å². The van der Waals surface area contributed by atoms with Crippen molar-refractivity contribution < 1.29 is 9.53 Å². The van der Waals surface area contributed by atoms with E-state index in [9.17, 15) is 4.79 Å². The third-order valence-electron chi connectivity index (χ3n) is 3.39. The second-order valence-corrected chi connectivity index (χ2v) is 5.19. The van der Waals surface area contributed by atoms with E-state index in [-0.39, 0.29) is 11.9 Å². The van der Waals surface area contributed by atoms with Crippen LogP contribution in [-0.4, -0.2) is 23.4 Å². The van der Waals surface area contributed by atoms with Gasteiger partial charge in [-0.05, 0) is 25.1 Å². The number of anilines is 3. The Balaban J connectivity index is 2.01. The summed E-state index contributed by atoms with van der Waals surface area (Å²) in [7, 11) is 0. The number of nitrogens with zero attached hydrogens (tertiary/aromatic N) is 2. The van der Waals surface area contributed by atoms with Crippen molar-refractivity contribution in [1.82, 2.24) is 4.98 Å². The van der Waals surface area contributed by atoms with Gasteiger partial charge in [-0.15, -0.1) is 0 Å². The molecule has 21 heavy (non-hydrogen) atoms. The molecule has 2 N–H and O–H groups in total. The lowest BCUT2D eigenvalue weighted by Gasteiger charge is -2.35. The number of ether oxygens (including phenoxy) is 1. The summed E-state index contributed by atoms with van der Waals surface area (Å²) in [4.78, 5) is 17.7. The second kappa shape index (κ2) is 5.44. The van der Waals surface area contributed by atoms with Crippen LogP contribution in [0.15, 0.2) is 42.6 Å². The average molecular weight is 283 g/mol. The molecule has 0 fully saturated rings. The first-order valence-corrected chi connectivity index (χ1v) is 6.87. The third kappa shape index (κ3) is 2.81. The smallest absolute Gasteiger partial charge is 0.238 e. The number of fused-ring (bicyclic) bond motifs is 1. The van der Waals surface area contributed by atoms with Crippen LogP contribution < -0.4 is 15.4 Å². The summed E-state index contributed by atoms with van der Waals surface area (Å²) >= 11 is 0. The van der Waals surface area contributed by atoms with Gasteiger partial charge in [-0.1, -0.05) is 18.2 Å². The molecule has 1 aromatic carbocycles. The molecule has 1 aromatic heterocycles. The predicted octanol–water partition coefficient (Wildman–Crippen LogP) is 2.54. The van der Waals surface area contributed by atoms with Gasteiger partial charge in [0, 0.05) is 12.1 Å². The number of benzene rings is 1. The molecule has 1 aliphatic rings. The van der Waals surface area contributed by atoms with Crippen LogP contribution >= 0.6 is 0 Å². The molecule has 1 unspecified atom stereocenters. The number of rotatable bonds is 3. The van der Waals surface area contributed by atoms with E-state index in [4.69, 9.17) is 10.5 Å². The molecule has 0 amide bonds. The number of Topliss-reactive ketones (excluding diaryl/α,β-unsaturated/α-hetero) is 1. The van der Waals surface area contributed by atoms with E-state index in [1.165, 1.54) is 0 Å². The van der Waals surface area contributed by atoms with Crippen molar-refractivity contribution >= 4 is 22.8 Å². The molecule has 0 radical (unpaired) electrons. The van der Waals surface area contributed by atoms with Gasteiger partial charge in [0.05, 0.1) is 18.4 Å². The van der Waals surface area contributed by atoms with Gasteiger partial charge in [0.2, 0.25) is 5.88 Å². The van der Waals surface area contributed by atoms with Gasteiger partial charge in [0.1, 0.15) is 17.6 Å². The molecular formula is C16H17N3O2. The number of hydrogen-bond donors (Lipinski definition) is 1. The standard InChI is InChI=1S/C16H17N3O2/c1-11(20)7-14-10-19(13-5-3-2-4-6-13)15-8-12(17)9-18-16(15)21-14/h2-6,8-9,14H,7,10,17H2,1H3. The fourth-order valence-electron chi connectivity index (χ4n) is 2.52. The zero-order chi connectivity index (χ0) is 14.8. The van der Waals surface area contributed by atoms with Gasteiger partial charge >= 0.3 is 0 Å². The summed E-state index contributed by atoms with van der Waals surface area (Å²) < 4.78 is 5.82. The van der Waals surface area contributed by atoms with Crippen molar-refractivity contribution in [2.24, 2.45) is 0 Å². The third-order valence-corrected chi connectivity index (χ3v) is 3.39. The first-order valence-electron chi connectivity index (χ1n) is 6.87. The van der Waals surface area contributed by atoms with Crippen LogP contribution in [0.5, 0.6) is 5.88 Å². The number of carbonyl (C=O) groups excluding carboxylic acids is 1. The molecule has 0 spiro atoms. The minimum Gasteiger partial charge on any atom is -0.470 e. The Morgan fingerprint density at radius 3 is 2.90 bits per heavy atom. The molecule has 1 atom stereocenters. The number of nitrogens with two attached hydrogens (primary N) is 1. The molecule has 3 rings (SSSR count). The zero-order valence-corrected chi connectivity index (χ0v) is 11.8. The molecule has 0 aliphatic carbocycles. The lowest BCUT2D eigenvalue weighted by molar-refractivity contribution is -0.118. The van der Waals surface area contributed by atoms with Crippen molar-refractivity contribution in [2.45, 2.75) is 19.4 Å². The molecule has 2 heterocycles. The Kier molecular flexibility index (Phi) is 3.48. The van der Waals surface area contributed by atoms with Crippen molar-refractivity contribution in [3.63, 3.8) is 0 Å². The monoisotopic (exact) mass is 283 g/mol. The van der Waals surface area contributed by atoms with E-state index in [0.29, 0.717) is 24.5 Å². The Morgan fingerprint density at radius 2 is 2.19 bits per heavy atom. The van der Waals surface area contributed by atoms with Gasteiger partial charge < -0.3 is 15.4 Å². The SMILES string of the molecule is CC(=O)CC1CN(c2ccccc2)c2cc(N)cnc2O1. The number of para-hydroxylation sites is 1. The maximum absolute atomic E-state index is 11.4. The highest BCUT2D eigenvalue weighted by Crippen LogP contribution is 2.38. The number of pyridine rings is 1. The molecular weight excluding hydrogens is 266 g/mol. The van der Waals surface area contributed by atoms with Gasteiger partial charge in [0.15, 0.2) is 0 Å². The number of hydrogen-bond acceptors (Lipinski definition) is 5. The lowest BCUT2D eigenvalue weighted by Crippen LogP contribution is -2.38. The molecule has 0 saturated heterocycles. The molecule has 2 aromatic rings. The maximum Gasteiger partial charge on any atom is 0.238 e. The van der Waals surface area contributed by atoms with E-state index in [1.54, 1.807) is 13.1 Å². The largest absolute Gasteiger partial charge is 0.470 e. The number of nitrogen functional groups attached to an aromatic ring is 1. The Hall–Kier alpha value is -2.56. The van der Waals surface area contributed by atoms with Gasteiger partial charge in [-0.2, -0.15) is 0 Å². The Morgan fingerprint density at radius 1 is 1.43 bits per heavy atom. The fourth-order valence-corrected chi connectivity index (χ4v) is 2.52. The van der Waals surface area contributed by atoms with E-state index in [0.717, 1.165) is 11.4 Å². The Bertz CT molecular complexity index is 658. The minimum atomic E-state index is -0.202. The summed E-state index contributed by atoms with van der Waals surface area (Å²) in [5.74, 6) is 0.623. The van der Waals surface area contributed by atoms with E-state index >= 15 is 0 Å². The van der Waals surface area contributed by atoms with Gasteiger partial charge in [-0.3, -0.25) is 4.79 Å². The van der Waals surface area contributed by atoms with Crippen LogP contribution in [0.3, 0.4) is 0 Å². The van der Waals surface area contributed by atoms with Crippen molar-refractivity contribution in [1.29, 1.82) is 0 Å². The summed E-state index contributed by atoms with van der Waals surface area (Å²) in [6, 6.07) is 11.8. The highest BCUT2D eigenvalue weighted by atomic mass is 16.5. The van der Waals surface area contributed by atoms with Crippen molar-refractivity contribution in [3.05, 3.63) is 42.6 Å². The van der Waals surface area contributed by atoms with Crippen LogP contribution in [0.2, 0.25) is 0 Å². The summed E-state index contributed by atoms with van der Waals surface area (Å²) in [5.41, 5.74) is 8.29. The highest BCUT2D eigenvalue weighted by Gasteiger charge is 2.28. The predicted molar refractivity (Wildman–Crippen MR) is 81.8 cm³/mol. The second-order valence-electron chi connectivity index (χ2n) is 5.19. The van der Waals surface area contributed by atoms with E-state index < -0.39 is 0 Å². The van der Waals surface area contributed by atoms with Crippen LogP contribution in [0.4, 0.5) is 17.1 Å². The van der Waals surface area contributed by atoms with Crippen molar-refractivity contribution in [2.75, 3.05) is 17.2 Å². The maximum atomic E-state index is 11.4. The van der Waals surface area contributed by atoms with Gasteiger partial charge in [-0.25, -0.2) is 4.98 Å². The van der Waals surface area contributed by atoms with E-state index in [1.807, 2.05) is 36.4 Å². The van der Waals surface area contributed by atoms with Crippen LogP contribution in [0.1, 0.15) is 13.3 Å². The molecule has 0 bridgehead atoms. The fraction of sp³-hybridized carbons (Fsp3) is 0.250. The summed E-state index contributed by atoms with van der Waals surface area (Å²) in [6.07, 6.45) is 1.74. The molecule has 108 valence electrons. The number of carbonyl (C=O) groups is 1. The quantitative estimate of drug-likeness (QED) is 0.937. The normalized spacial score (nSPS) is 17.0. The first kappa shape index (κ1) is 13.4. The summed E-state index contributed by atoms with van der Waals surface area (Å²) in [6.45, 7) is 2.17. The van der Waals surface area contributed by atoms with Crippen LogP contribution in [0, 0.1) is 0 Å². The molecule has 0 saturated carbocycles. The highest BCUT2D eigenvalue weighted by molar-refractivity contribution is 5.77. The first-order chi connectivity index (χ1) is 10.1. The number of aromatic nitrogens is 1. The lowest BCUT2D eigenvalue weighted by atomic mass is 10.1. The average Bonchev–Trinajstić information content (AvgIpc) is 2.47. The topological polar surface area (TPSA) is 68.5 Å². The molecule has 1 aliphatic heterocycles. The van der Waals surface area contributed by atoms with Crippen LogP contribution in [-0.2, 0) is 4.79 Å². The zero-order valence-electron chi connectivity index (χ0n) is 11.8. The van der Waals surface area contributed by atoms with Gasteiger partial charge in [0.25, 0.3) is 0 Å². The number of ketones is 1. The molecule has 5 nitrogen and oxygen atoms in total. The summed E-state index contributed by atoms with van der Waals surface area (Å²) in [5, 5.41) is 0. The molecule has 5 heteroatoms. The Labute approximate surface area is 123 Å². The van der Waals surface area contributed by atoms with Crippen LogP contribution in [0.25, 0.3) is 0 Å².